The monoisotopic (exact) mass is 483 g/mol. The maximum atomic E-state index is 13.7. The van der Waals surface area contributed by atoms with Crippen LogP contribution in [0.25, 0.3) is 5.65 Å². The van der Waals surface area contributed by atoms with E-state index in [0.717, 1.165) is 68.0 Å². The molecule has 1 amide bonds. The van der Waals surface area contributed by atoms with Crippen LogP contribution in [0.15, 0.2) is 24.3 Å². The molecule has 1 aliphatic heterocycles. The lowest BCUT2D eigenvalue weighted by Gasteiger charge is -2.35. The highest BCUT2D eigenvalue weighted by Gasteiger charge is 2.33. The Hall–Kier alpha value is -3.14. The first-order chi connectivity index (χ1) is 16.2. The largest absolute Gasteiger partial charge is 0.493 e. The van der Waals surface area contributed by atoms with Gasteiger partial charge >= 0.3 is 0 Å². The number of aryl methyl sites for hydroxylation is 2. The molecular formula is C24H29N5O4S. The smallest absolute Gasteiger partial charge is 0.256 e. The van der Waals surface area contributed by atoms with Gasteiger partial charge < -0.3 is 10.0 Å². The predicted molar refractivity (Wildman–Crippen MR) is 129 cm³/mol. The second kappa shape index (κ2) is 8.57. The van der Waals surface area contributed by atoms with Crippen LogP contribution >= 0.6 is 0 Å². The summed E-state index contributed by atoms with van der Waals surface area (Å²) >= 11 is 0. The van der Waals surface area contributed by atoms with Crippen molar-refractivity contribution in [2.75, 3.05) is 17.5 Å². The fraction of sp³-hybridized carbons (Fsp3) is 0.458. The summed E-state index contributed by atoms with van der Waals surface area (Å²) in [5, 5.41) is 15.5. The number of fused-ring (bicyclic) bond motifs is 2. The van der Waals surface area contributed by atoms with Gasteiger partial charge in [0.05, 0.1) is 34.9 Å². The van der Waals surface area contributed by atoms with Gasteiger partial charge in [-0.1, -0.05) is 11.6 Å². The van der Waals surface area contributed by atoms with Gasteiger partial charge in [-0.25, -0.2) is 13.4 Å². The second-order valence-electron chi connectivity index (χ2n) is 9.34. The van der Waals surface area contributed by atoms with Gasteiger partial charge in [0.25, 0.3) is 5.91 Å². The molecule has 3 heterocycles. The number of anilines is 1. The van der Waals surface area contributed by atoms with Crippen molar-refractivity contribution in [1.82, 2.24) is 19.5 Å². The summed E-state index contributed by atoms with van der Waals surface area (Å²) in [5.41, 5.74) is 4.51. The quantitative estimate of drug-likeness (QED) is 0.588. The lowest BCUT2D eigenvalue weighted by molar-refractivity contribution is 0.0606. The van der Waals surface area contributed by atoms with E-state index in [0.29, 0.717) is 23.4 Å². The van der Waals surface area contributed by atoms with Gasteiger partial charge in [0.15, 0.2) is 5.65 Å². The van der Waals surface area contributed by atoms with E-state index in [2.05, 4.69) is 9.82 Å². The molecule has 5 rings (SSSR count). The first kappa shape index (κ1) is 22.6. The molecule has 0 saturated carbocycles. The molecule has 2 N–H and O–H groups in total. The molecule has 2 aromatic heterocycles. The molecule has 34 heavy (non-hydrogen) atoms. The van der Waals surface area contributed by atoms with Crippen molar-refractivity contribution in [3.8, 4) is 5.88 Å². The number of aromatic hydroxyl groups is 1. The van der Waals surface area contributed by atoms with Crippen LogP contribution in [0, 0.1) is 6.92 Å². The molecule has 0 bridgehead atoms. The van der Waals surface area contributed by atoms with Crippen molar-refractivity contribution >= 4 is 27.3 Å². The number of aromatic nitrogens is 3. The Balaban J connectivity index is 1.53. The Kier molecular flexibility index (Phi) is 5.71. The molecule has 1 fully saturated rings. The molecule has 10 heteroatoms. The number of amides is 1. The number of benzene rings is 1. The molecule has 2 aliphatic rings. The topological polar surface area (TPSA) is 117 Å². The van der Waals surface area contributed by atoms with Crippen LogP contribution in [0.1, 0.15) is 71.0 Å². The minimum Gasteiger partial charge on any atom is -0.493 e. The maximum Gasteiger partial charge on any atom is 0.256 e. The third-order valence-corrected chi connectivity index (χ3v) is 7.26. The van der Waals surface area contributed by atoms with Crippen molar-refractivity contribution in [2.24, 2.45) is 0 Å². The molecule has 1 aromatic carbocycles. The van der Waals surface area contributed by atoms with Crippen molar-refractivity contribution in [2.45, 2.75) is 57.9 Å². The maximum absolute atomic E-state index is 13.7. The first-order valence-corrected chi connectivity index (χ1v) is 13.6. The van der Waals surface area contributed by atoms with E-state index in [1.54, 1.807) is 23.1 Å². The number of nitrogens with zero attached hydrogens (tertiary/aromatic N) is 4. The zero-order valence-electron chi connectivity index (χ0n) is 19.4. The third kappa shape index (κ3) is 4.22. The van der Waals surface area contributed by atoms with Crippen LogP contribution in [-0.2, 0) is 22.9 Å². The van der Waals surface area contributed by atoms with E-state index in [1.165, 1.54) is 4.52 Å². The summed E-state index contributed by atoms with van der Waals surface area (Å²) in [5.74, 6) is -0.106. The Bertz CT molecular complexity index is 1380. The van der Waals surface area contributed by atoms with Gasteiger partial charge in [-0.05, 0) is 64.0 Å². The molecular weight excluding hydrogens is 454 g/mol. The fourth-order valence-corrected chi connectivity index (χ4v) is 5.65. The number of hydrogen-bond acceptors (Lipinski definition) is 6. The SMILES string of the molecule is Cc1ccc(NS(C)(=O)=O)c(C(=O)N2CCCCC2c2cc3nc4c(c(O)n3n2)CCCC4)c1. The van der Waals surface area contributed by atoms with Gasteiger partial charge in [-0.15, -0.1) is 0 Å². The average molecular weight is 484 g/mol. The van der Waals surface area contributed by atoms with Crippen molar-refractivity contribution in [1.29, 1.82) is 0 Å². The highest BCUT2D eigenvalue weighted by molar-refractivity contribution is 7.92. The molecule has 1 atom stereocenters. The van der Waals surface area contributed by atoms with Gasteiger partial charge in [0, 0.05) is 18.2 Å². The Morgan fingerprint density at radius 3 is 2.74 bits per heavy atom. The van der Waals surface area contributed by atoms with Gasteiger partial charge in [0.1, 0.15) is 0 Å². The summed E-state index contributed by atoms with van der Waals surface area (Å²) in [6.45, 7) is 2.41. The number of rotatable bonds is 4. The van der Waals surface area contributed by atoms with E-state index < -0.39 is 10.0 Å². The number of carbonyl (C=O) groups is 1. The lowest BCUT2D eigenvalue weighted by Crippen LogP contribution is -2.39. The molecule has 3 aromatic rings. The minimum absolute atomic E-state index is 0.137. The Morgan fingerprint density at radius 1 is 1.15 bits per heavy atom. The summed E-state index contributed by atoms with van der Waals surface area (Å²) in [6.07, 6.45) is 7.31. The third-order valence-electron chi connectivity index (χ3n) is 6.67. The van der Waals surface area contributed by atoms with Crippen LogP contribution in [0.2, 0.25) is 0 Å². The fourth-order valence-electron chi connectivity index (χ4n) is 5.07. The molecule has 180 valence electrons. The van der Waals surface area contributed by atoms with E-state index in [1.807, 2.05) is 13.0 Å². The standard InChI is InChI=1S/C24H29N5O4S/c1-15-10-11-19(27-34(2,32)33)17(13-15)23(30)28-12-6-5-9-21(28)20-14-22-25-18-8-4-3-7-16(18)24(31)29(22)26-20/h10-11,13-14,21,27,31H,3-9,12H2,1-2H3. The molecule has 0 radical (unpaired) electrons. The van der Waals surface area contributed by atoms with Gasteiger partial charge in [-0.3, -0.25) is 9.52 Å². The number of carbonyl (C=O) groups excluding carboxylic acids is 1. The van der Waals surface area contributed by atoms with Crippen molar-refractivity contribution in [3.05, 3.63) is 52.3 Å². The Morgan fingerprint density at radius 2 is 1.94 bits per heavy atom. The molecule has 0 spiro atoms. The summed E-state index contributed by atoms with van der Waals surface area (Å²) < 4.78 is 27.7. The number of hydrogen-bond donors (Lipinski definition) is 2. The van der Waals surface area contributed by atoms with Gasteiger partial charge in [0.2, 0.25) is 15.9 Å². The zero-order chi connectivity index (χ0) is 24.0. The van der Waals surface area contributed by atoms with Crippen LogP contribution in [-0.4, -0.2) is 51.7 Å². The summed E-state index contributed by atoms with van der Waals surface area (Å²) in [7, 11) is -3.55. The Labute approximate surface area is 198 Å². The van der Waals surface area contributed by atoms with E-state index >= 15 is 0 Å². The summed E-state index contributed by atoms with van der Waals surface area (Å²) in [4.78, 5) is 20.2. The number of likely N-dealkylation sites (tertiary alicyclic amines) is 1. The van der Waals surface area contributed by atoms with Crippen LogP contribution in [0.4, 0.5) is 5.69 Å². The van der Waals surface area contributed by atoms with Gasteiger partial charge in [-0.2, -0.15) is 9.61 Å². The molecule has 1 saturated heterocycles. The minimum atomic E-state index is -3.55. The number of piperidine rings is 1. The van der Waals surface area contributed by atoms with Crippen LogP contribution in [0.5, 0.6) is 5.88 Å². The van der Waals surface area contributed by atoms with E-state index in [9.17, 15) is 18.3 Å². The predicted octanol–water partition coefficient (Wildman–Crippen LogP) is 3.36. The van der Waals surface area contributed by atoms with E-state index in [-0.39, 0.29) is 23.5 Å². The highest BCUT2D eigenvalue weighted by Crippen LogP contribution is 2.35. The average Bonchev–Trinajstić information content (AvgIpc) is 3.23. The van der Waals surface area contributed by atoms with Crippen LogP contribution < -0.4 is 4.72 Å². The highest BCUT2D eigenvalue weighted by atomic mass is 32.2. The lowest BCUT2D eigenvalue weighted by atomic mass is 9.97. The molecule has 1 aliphatic carbocycles. The first-order valence-electron chi connectivity index (χ1n) is 11.7. The van der Waals surface area contributed by atoms with Crippen LogP contribution in [0.3, 0.4) is 0 Å². The second-order valence-corrected chi connectivity index (χ2v) is 11.1. The molecule has 1 unspecified atom stereocenters. The zero-order valence-corrected chi connectivity index (χ0v) is 20.2. The van der Waals surface area contributed by atoms with Crippen molar-refractivity contribution in [3.63, 3.8) is 0 Å². The molecule has 9 nitrogen and oxygen atoms in total. The normalized spacial score (nSPS) is 18.6. The van der Waals surface area contributed by atoms with E-state index in [4.69, 9.17) is 4.98 Å². The number of nitrogens with one attached hydrogen (secondary N) is 1. The van der Waals surface area contributed by atoms with Crippen molar-refractivity contribution < 1.29 is 18.3 Å². The summed E-state index contributed by atoms with van der Waals surface area (Å²) in [6, 6.07) is 6.69. The number of sulfonamides is 1.